The smallest absolute Gasteiger partial charge is 0.408 e. The summed E-state index contributed by atoms with van der Waals surface area (Å²) in [7, 11) is 0. The largest absolute Gasteiger partial charge is 0.444 e. The summed E-state index contributed by atoms with van der Waals surface area (Å²) in [5.74, 6) is 0.258. The third kappa shape index (κ3) is 9.22. The second-order valence-electron chi connectivity index (χ2n) is 7.88. The molecule has 6 heteroatoms. The van der Waals surface area contributed by atoms with Crippen molar-refractivity contribution < 1.29 is 14.3 Å². The van der Waals surface area contributed by atoms with Gasteiger partial charge >= 0.3 is 6.09 Å². The van der Waals surface area contributed by atoms with Crippen LogP contribution in [0.5, 0.6) is 0 Å². The molecule has 0 aliphatic heterocycles. The Bertz CT molecular complexity index is 570. The van der Waals surface area contributed by atoms with E-state index in [0.29, 0.717) is 17.7 Å². The summed E-state index contributed by atoms with van der Waals surface area (Å²) >= 11 is 3.45. The van der Waals surface area contributed by atoms with E-state index in [4.69, 9.17) is 4.74 Å². The highest BCUT2D eigenvalue weighted by Crippen LogP contribution is 2.11. The molecule has 0 saturated heterocycles. The van der Waals surface area contributed by atoms with Crippen LogP contribution in [0.1, 0.15) is 46.6 Å². The Labute approximate surface area is 165 Å². The van der Waals surface area contributed by atoms with Crippen molar-refractivity contribution in [1.82, 2.24) is 10.6 Å². The SMILES string of the molecule is CC(C)C[C@@H](CBr)NC(=O)[C@H](Cc1ccccc1)NC(=O)OC(C)(C)C. The first kappa shape index (κ1) is 22.5. The van der Waals surface area contributed by atoms with Crippen LogP contribution in [0.2, 0.25) is 0 Å². The first-order valence-electron chi connectivity index (χ1n) is 9.00. The number of rotatable bonds is 8. The lowest BCUT2D eigenvalue weighted by Gasteiger charge is -2.25. The van der Waals surface area contributed by atoms with E-state index in [9.17, 15) is 9.59 Å². The van der Waals surface area contributed by atoms with Gasteiger partial charge in [0.1, 0.15) is 11.6 Å². The molecule has 1 aromatic carbocycles. The van der Waals surface area contributed by atoms with Crippen molar-refractivity contribution >= 4 is 27.9 Å². The number of halogens is 1. The topological polar surface area (TPSA) is 67.4 Å². The minimum absolute atomic E-state index is 0.0150. The van der Waals surface area contributed by atoms with Crippen LogP contribution in [0.3, 0.4) is 0 Å². The van der Waals surface area contributed by atoms with Gasteiger partial charge in [-0.25, -0.2) is 4.79 Å². The average Bonchev–Trinajstić information content (AvgIpc) is 2.52. The van der Waals surface area contributed by atoms with Gasteiger partial charge in [-0.2, -0.15) is 0 Å². The molecular formula is C20H31BrN2O3. The molecule has 1 rings (SSSR count). The first-order chi connectivity index (χ1) is 12.1. The summed E-state index contributed by atoms with van der Waals surface area (Å²) in [5, 5.41) is 6.41. The van der Waals surface area contributed by atoms with Crippen molar-refractivity contribution in [2.45, 2.75) is 65.1 Å². The van der Waals surface area contributed by atoms with Gasteiger partial charge < -0.3 is 15.4 Å². The van der Waals surface area contributed by atoms with E-state index in [1.807, 2.05) is 30.3 Å². The van der Waals surface area contributed by atoms with Gasteiger partial charge in [-0.05, 0) is 38.7 Å². The predicted molar refractivity (Wildman–Crippen MR) is 108 cm³/mol. The van der Waals surface area contributed by atoms with Crippen molar-refractivity contribution in [2.75, 3.05) is 5.33 Å². The fourth-order valence-corrected chi connectivity index (χ4v) is 2.97. The number of alkyl carbamates (subject to hydrolysis) is 1. The molecule has 0 radical (unpaired) electrons. The Hall–Kier alpha value is -1.56. The molecule has 0 bridgehead atoms. The molecule has 0 aliphatic carbocycles. The lowest BCUT2D eigenvalue weighted by Crippen LogP contribution is -2.52. The molecule has 0 spiro atoms. The number of hydrogen-bond acceptors (Lipinski definition) is 3. The van der Waals surface area contributed by atoms with E-state index in [-0.39, 0.29) is 11.9 Å². The Morgan fingerprint density at radius 2 is 1.73 bits per heavy atom. The van der Waals surface area contributed by atoms with Gasteiger partial charge in [0, 0.05) is 17.8 Å². The maximum absolute atomic E-state index is 12.8. The predicted octanol–water partition coefficient (Wildman–Crippen LogP) is 4.05. The molecule has 0 aromatic heterocycles. The van der Waals surface area contributed by atoms with Gasteiger partial charge in [0.25, 0.3) is 0 Å². The normalized spacial score (nSPS) is 13.8. The number of hydrogen-bond donors (Lipinski definition) is 2. The fourth-order valence-electron chi connectivity index (χ4n) is 2.54. The lowest BCUT2D eigenvalue weighted by molar-refractivity contribution is -0.123. The summed E-state index contributed by atoms with van der Waals surface area (Å²) < 4.78 is 5.31. The number of amides is 2. The maximum Gasteiger partial charge on any atom is 0.408 e. The maximum atomic E-state index is 12.8. The van der Waals surface area contributed by atoms with E-state index in [1.165, 1.54) is 0 Å². The van der Waals surface area contributed by atoms with Gasteiger partial charge in [0.2, 0.25) is 5.91 Å². The summed E-state index contributed by atoms with van der Waals surface area (Å²) in [6.07, 6.45) is 0.678. The van der Waals surface area contributed by atoms with Crippen molar-refractivity contribution in [3.05, 3.63) is 35.9 Å². The van der Waals surface area contributed by atoms with Crippen molar-refractivity contribution in [3.8, 4) is 0 Å². The lowest BCUT2D eigenvalue weighted by atomic mass is 10.0. The second-order valence-corrected chi connectivity index (χ2v) is 8.53. The molecule has 0 aliphatic rings. The first-order valence-corrected chi connectivity index (χ1v) is 10.1. The van der Waals surface area contributed by atoms with Gasteiger partial charge in [0.15, 0.2) is 0 Å². The van der Waals surface area contributed by atoms with Crippen LogP contribution in [0.15, 0.2) is 30.3 Å². The van der Waals surface area contributed by atoms with Crippen LogP contribution in [0.25, 0.3) is 0 Å². The molecule has 2 atom stereocenters. The Kier molecular flexibility index (Phi) is 9.13. The van der Waals surface area contributed by atoms with E-state index in [1.54, 1.807) is 20.8 Å². The van der Waals surface area contributed by atoms with Crippen molar-refractivity contribution in [1.29, 1.82) is 0 Å². The molecule has 0 saturated carbocycles. The van der Waals surface area contributed by atoms with Crippen LogP contribution in [-0.4, -0.2) is 35.0 Å². The standard InChI is InChI=1S/C20H31BrN2O3/c1-14(2)11-16(13-21)22-18(24)17(12-15-9-7-6-8-10-15)23-19(25)26-20(3,4)5/h6-10,14,16-17H,11-13H2,1-5H3,(H,22,24)(H,23,25)/t16-,17-/m0/s1. The molecule has 5 nitrogen and oxygen atoms in total. The third-order valence-electron chi connectivity index (χ3n) is 3.58. The highest BCUT2D eigenvalue weighted by Gasteiger charge is 2.26. The minimum Gasteiger partial charge on any atom is -0.444 e. The molecular weight excluding hydrogens is 396 g/mol. The van der Waals surface area contributed by atoms with Gasteiger partial charge in [-0.15, -0.1) is 0 Å². The van der Waals surface area contributed by atoms with Gasteiger partial charge in [-0.3, -0.25) is 4.79 Å². The molecule has 0 unspecified atom stereocenters. The quantitative estimate of drug-likeness (QED) is 0.616. The van der Waals surface area contributed by atoms with E-state index in [2.05, 4.69) is 40.4 Å². The zero-order chi connectivity index (χ0) is 19.7. The number of carbonyl (C=O) groups excluding carboxylic acids is 2. The number of alkyl halides is 1. The van der Waals surface area contributed by atoms with Crippen LogP contribution < -0.4 is 10.6 Å². The second kappa shape index (κ2) is 10.6. The fraction of sp³-hybridized carbons (Fsp3) is 0.600. The highest BCUT2D eigenvalue weighted by molar-refractivity contribution is 9.09. The number of ether oxygens (including phenoxy) is 1. The highest BCUT2D eigenvalue weighted by atomic mass is 79.9. The zero-order valence-corrected chi connectivity index (χ0v) is 17.9. The Morgan fingerprint density at radius 3 is 2.23 bits per heavy atom. The molecule has 26 heavy (non-hydrogen) atoms. The molecule has 0 fully saturated rings. The third-order valence-corrected chi connectivity index (χ3v) is 4.36. The number of carbonyl (C=O) groups is 2. The molecule has 1 aromatic rings. The number of nitrogens with one attached hydrogen (secondary N) is 2. The summed E-state index contributed by atoms with van der Waals surface area (Å²) in [6, 6.07) is 8.95. The summed E-state index contributed by atoms with van der Waals surface area (Å²) in [4.78, 5) is 25.0. The van der Waals surface area contributed by atoms with Crippen molar-refractivity contribution in [3.63, 3.8) is 0 Å². The minimum atomic E-state index is -0.694. The Morgan fingerprint density at radius 1 is 1.12 bits per heavy atom. The van der Waals surface area contributed by atoms with Gasteiger partial charge in [0.05, 0.1) is 0 Å². The number of benzene rings is 1. The Balaban J connectivity index is 2.84. The van der Waals surface area contributed by atoms with Crippen LogP contribution in [0, 0.1) is 5.92 Å². The molecule has 146 valence electrons. The van der Waals surface area contributed by atoms with Crippen LogP contribution in [0.4, 0.5) is 4.79 Å². The van der Waals surface area contributed by atoms with Crippen LogP contribution in [-0.2, 0) is 16.0 Å². The van der Waals surface area contributed by atoms with Crippen molar-refractivity contribution in [2.24, 2.45) is 5.92 Å². The zero-order valence-electron chi connectivity index (χ0n) is 16.3. The average molecular weight is 427 g/mol. The monoisotopic (exact) mass is 426 g/mol. The summed E-state index contributed by atoms with van der Waals surface area (Å²) in [6.45, 7) is 9.61. The molecule has 2 N–H and O–H groups in total. The molecule has 0 heterocycles. The van der Waals surface area contributed by atoms with Crippen LogP contribution >= 0.6 is 15.9 Å². The van der Waals surface area contributed by atoms with E-state index < -0.39 is 17.7 Å². The van der Waals surface area contributed by atoms with E-state index >= 15 is 0 Å². The van der Waals surface area contributed by atoms with E-state index in [0.717, 1.165) is 12.0 Å². The van der Waals surface area contributed by atoms with Gasteiger partial charge in [-0.1, -0.05) is 60.1 Å². The molecule has 2 amide bonds. The summed E-state index contributed by atoms with van der Waals surface area (Å²) in [5.41, 5.74) is 0.358.